The quantitative estimate of drug-likeness (QED) is 0.879. The minimum Gasteiger partial charge on any atom is -0.478 e. The smallest absolute Gasteiger partial charge is 0.335 e. The van der Waals surface area contributed by atoms with Gasteiger partial charge in [0.15, 0.2) is 0 Å². The van der Waals surface area contributed by atoms with Gasteiger partial charge in [0, 0.05) is 19.1 Å². The van der Waals surface area contributed by atoms with Crippen molar-refractivity contribution in [1.82, 2.24) is 9.55 Å². The van der Waals surface area contributed by atoms with Crippen LogP contribution in [-0.2, 0) is 6.54 Å². The van der Waals surface area contributed by atoms with Gasteiger partial charge in [0.1, 0.15) is 5.82 Å². The molecule has 0 amide bonds. The predicted octanol–water partition coefficient (Wildman–Crippen LogP) is 2.49. The molecule has 5 heteroatoms. The van der Waals surface area contributed by atoms with Crippen LogP contribution in [0.25, 0.3) is 11.0 Å². The Bertz CT molecular complexity index is 631. The van der Waals surface area contributed by atoms with Crippen molar-refractivity contribution < 1.29 is 15.0 Å². The van der Waals surface area contributed by atoms with Crippen molar-refractivity contribution in [3.05, 3.63) is 29.6 Å². The SMILES string of the molecule is CC(CO)Cn1c(C(C)C)nc2cc(C(=O)O)ccc21. The van der Waals surface area contributed by atoms with Gasteiger partial charge in [0.25, 0.3) is 0 Å². The summed E-state index contributed by atoms with van der Waals surface area (Å²) in [6.07, 6.45) is 0. The van der Waals surface area contributed by atoms with Crippen LogP contribution in [0, 0.1) is 5.92 Å². The van der Waals surface area contributed by atoms with E-state index in [1.165, 1.54) is 0 Å². The third-order valence-electron chi connectivity index (χ3n) is 3.35. The first-order chi connectivity index (χ1) is 9.43. The number of aromatic carboxylic acids is 1. The summed E-state index contributed by atoms with van der Waals surface area (Å²) in [5.74, 6) is 0.338. The number of carbonyl (C=O) groups is 1. The maximum absolute atomic E-state index is 11.0. The molecule has 0 aliphatic heterocycles. The van der Waals surface area contributed by atoms with E-state index in [9.17, 15) is 9.90 Å². The first-order valence-corrected chi connectivity index (χ1v) is 6.78. The van der Waals surface area contributed by atoms with Crippen molar-refractivity contribution in [2.45, 2.75) is 33.2 Å². The summed E-state index contributed by atoms with van der Waals surface area (Å²) in [6.45, 7) is 6.87. The molecule has 1 atom stereocenters. The lowest BCUT2D eigenvalue weighted by Gasteiger charge is -2.15. The molecule has 108 valence electrons. The number of nitrogens with zero attached hydrogens (tertiary/aromatic N) is 2. The number of aromatic nitrogens is 2. The highest BCUT2D eigenvalue weighted by Crippen LogP contribution is 2.24. The van der Waals surface area contributed by atoms with Crippen molar-refractivity contribution in [2.75, 3.05) is 6.61 Å². The fourth-order valence-corrected chi connectivity index (χ4v) is 2.28. The van der Waals surface area contributed by atoms with Crippen LogP contribution >= 0.6 is 0 Å². The fraction of sp³-hybridized carbons (Fsp3) is 0.467. The van der Waals surface area contributed by atoms with E-state index in [2.05, 4.69) is 23.4 Å². The van der Waals surface area contributed by atoms with E-state index in [4.69, 9.17) is 5.11 Å². The monoisotopic (exact) mass is 276 g/mol. The number of aliphatic hydroxyl groups is 1. The maximum Gasteiger partial charge on any atom is 0.335 e. The standard InChI is InChI=1S/C15H20N2O3/c1-9(2)14-16-12-6-11(15(19)20)4-5-13(12)17(14)7-10(3)8-18/h4-6,9-10,18H,7-8H2,1-3H3,(H,19,20). The molecule has 0 fully saturated rings. The highest BCUT2D eigenvalue weighted by Gasteiger charge is 2.16. The van der Waals surface area contributed by atoms with Gasteiger partial charge in [-0.15, -0.1) is 0 Å². The summed E-state index contributed by atoms with van der Waals surface area (Å²) in [6, 6.07) is 4.99. The van der Waals surface area contributed by atoms with Gasteiger partial charge in [0.05, 0.1) is 16.6 Å². The summed E-state index contributed by atoms with van der Waals surface area (Å²) >= 11 is 0. The van der Waals surface area contributed by atoms with Crippen molar-refractivity contribution in [3.63, 3.8) is 0 Å². The highest BCUT2D eigenvalue weighted by molar-refractivity contribution is 5.92. The first-order valence-electron chi connectivity index (χ1n) is 6.78. The van der Waals surface area contributed by atoms with E-state index in [0.29, 0.717) is 12.1 Å². The van der Waals surface area contributed by atoms with Crippen LogP contribution in [0.2, 0.25) is 0 Å². The molecule has 1 aromatic heterocycles. The fourth-order valence-electron chi connectivity index (χ4n) is 2.28. The zero-order chi connectivity index (χ0) is 14.9. The Labute approximate surface area is 117 Å². The number of rotatable bonds is 5. The number of aliphatic hydroxyl groups excluding tert-OH is 1. The second-order valence-electron chi connectivity index (χ2n) is 5.53. The predicted molar refractivity (Wildman–Crippen MR) is 77.0 cm³/mol. The third kappa shape index (κ3) is 2.67. The Balaban J connectivity index is 2.57. The summed E-state index contributed by atoms with van der Waals surface area (Å²) < 4.78 is 2.08. The Kier molecular flexibility index (Phi) is 4.09. The molecule has 1 heterocycles. The number of hydrogen-bond donors (Lipinski definition) is 2. The summed E-state index contributed by atoms with van der Waals surface area (Å²) in [5, 5.41) is 18.3. The Morgan fingerprint density at radius 2 is 2.05 bits per heavy atom. The summed E-state index contributed by atoms with van der Waals surface area (Å²) in [4.78, 5) is 15.6. The Hall–Kier alpha value is -1.88. The molecule has 0 bridgehead atoms. The highest BCUT2D eigenvalue weighted by atomic mass is 16.4. The van der Waals surface area contributed by atoms with Crippen LogP contribution in [0.3, 0.4) is 0 Å². The van der Waals surface area contributed by atoms with Gasteiger partial charge in [-0.2, -0.15) is 0 Å². The zero-order valence-electron chi connectivity index (χ0n) is 12.0. The molecule has 2 N–H and O–H groups in total. The number of carboxylic acids is 1. The molecule has 0 saturated carbocycles. The van der Waals surface area contributed by atoms with E-state index in [1.807, 2.05) is 6.92 Å². The van der Waals surface area contributed by atoms with E-state index in [-0.39, 0.29) is 24.0 Å². The average molecular weight is 276 g/mol. The van der Waals surface area contributed by atoms with E-state index in [1.54, 1.807) is 18.2 Å². The minimum absolute atomic E-state index is 0.115. The molecule has 2 rings (SSSR count). The van der Waals surface area contributed by atoms with Crippen LogP contribution in [0.4, 0.5) is 0 Å². The van der Waals surface area contributed by atoms with E-state index in [0.717, 1.165) is 11.3 Å². The molecule has 1 aromatic carbocycles. The largest absolute Gasteiger partial charge is 0.478 e. The molecule has 0 aliphatic carbocycles. The molecule has 0 saturated heterocycles. The topological polar surface area (TPSA) is 75.3 Å². The third-order valence-corrected chi connectivity index (χ3v) is 3.35. The van der Waals surface area contributed by atoms with Gasteiger partial charge in [-0.1, -0.05) is 20.8 Å². The second kappa shape index (κ2) is 5.63. The molecule has 0 radical (unpaired) electrons. The van der Waals surface area contributed by atoms with Crippen molar-refractivity contribution in [3.8, 4) is 0 Å². The molecule has 2 aromatic rings. The van der Waals surface area contributed by atoms with E-state index < -0.39 is 5.97 Å². The van der Waals surface area contributed by atoms with Crippen LogP contribution in [0.5, 0.6) is 0 Å². The van der Waals surface area contributed by atoms with Gasteiger partial charge in [0.2, 0.25) is 0 Å². The minimum atomic E-state index is -0.948. The van der Waals surface area contributed by atoms with Gasteiger partial charge in [-0.3, -0.25) is 0 Å². The molecule has 5 nitrogen and oxygen atoms in total. The number of benzene rings is 1. The van der Waals surface area contributed by atoms with E-state index >= 15 is 0 Å². The van der Waals surface area contributed by atoms with Gasteiger partial charge < -0.3 is 14.8 Å². The van der Waals surface area contributed by atoms with Gasteiger partial charge in [-0.25, -0.2) is 9.78 Å². The lowest BCUT2D eigenvalue weighted by atomic mass is 10.1. The molecular weight excluding hydrogens is 256 g/mol. The molecule has 0 aliphatic rings. The van der Waals surface area contributed by atoms with Gasteiger partial charge in [-0.05, 0) is 24.1 Å². The number of hydrogen-bond acceptors (Lipinski definition) is 3. The Morgan fingerprint density at radius 3 is 2.60 bits per heavy atom. The van der Waals surface area contributed by atoms with Crippen LogP contribution in [0.15, 0.2) is 18.2 Å². The van der Waals surface area contributed by atoms with Crippen molar-refractivity contribution in [2.24, 2.45) is 5.92 Å². The molecule has 20 heavy (non-hydrogen) atoms. The second-order valence-corrected chi connectivity index (χ2v) is 5.53. The van der Waals surface area contributed by atoms with Crippen LogP contribution < -0.4 is 0 Å². The van der Waals surface area contributed by atoms with Crippen LogP contribution in [-0.4, -0.2) is 32.3 Å². The van der Waals surface area contributed by atoms with Crippen LogP contribution in [0.1, 0.15) is 42.9 Å². The molecule has 0 spiro atoms. The number of imidazole rings is 1. The first kappa shape index (κ1) is 14.5. The molecule has 1 unspecified atom stereocenters. The Morgan fingerprint density at radius 1 is 1.35 bits per heavy atom. The lowest BCUT2D eigenvalue weighted by molar-refractivity contribution is 0.0697. The van der Waals surface area contributed by atoms with Gasteiger partial charge >= 0.3 is 5.97 Å². The maximum atomic E-state index is 11.0. The number of carboxylic acid groups (broad SMARTS) is 1. The van der Waals surface area contributed by atoms with Crippen molar-refractivity contribution >= 4 is 17.0 Å². The summed E-state index contributed by atoms with van der Waals surface area (Å²) in [7, 11) is 0. The summed E-state index contributed by atoms with van der Waals surface area (Å²) in [5.41, 5.74) is 1.85. The lowest BCUT2D eigenvalue weighted by Crippen LogP contribution is -2.14. The normalized spacial score (nSPS) is 13.1. The molecular formula is C15H20N2O3. The average Bonchev–Trinajstić information content (AvgIpc) is 2.76. The zero-order valence-corrected chi connectivity index (χ0v) is 12.0. The number of fused-ring (bicyclic) bond motifs is 1. The van der Waals surface area contributed by atoms with Crippen molar-refractivity contribution in [1.29, 1.82) is 0 Å².